The Morgan fingerprint density at radius 3 is 2.29 bits per heavy atom. The highest BCUT2D eigenvalue weighted by Gasteiger charge is 1.91. The number of unbranched alkanes of at least 4 members (excludes halogenated alkanes) is 6. The van der Waals surface area contributed by atoms with Crippen molar-refractivity contribution in [3.8, 4) is 0 Å². The fourth-order valence-corrected chi connectivity index (χ4v) is 7.16. The highest BCUT2D eigenvalue weighted by molar-refractivity contribution is 6.52. The van der Waals surface area contributed by atoms with Crippen molar-refractivity contribution in [1.29, 1.82) is 0 Å². The summed E-state index contributed by atoms with van der Waals surface area (Å²) in [6.45, 7) is 2.28. The zero-order valence-corrected chi connectivity index (χ0v) is 14.9. The van der Waals surface area contributed by atoms with E-state index in [0.717, 1.165) is 0 Å². The van der Waals surface area contributed by atoms with Gasteiger partial charge >= 0.3 is 0 Å². The van der Waals surface area contributed by atoms with E-state index < -0.39 is 0 Å². The second-order valence-corrected chi connectivity index (χ2v) is 10.4. The zero-order valence-electron chi connectivity index (χ0n) is 10.1. The van der Waals surface area contributed by atoms with Crippen molar-refractivity contribution in [2.45, 2.75) is 57.9 Å². The van der Waals surface area contributed by atoms with E-state index in [1.807, 2.05) is 0 Å². The Bertz CT molecular complexity index is 92.1. The SMILES string of the molecule is CCCCCCCCC[SiH2]N[SiH2]N[SiH3]. The molecular formula is C9H28N2Si3. The summed E-state index contributed by atoms with van der Waals surface area (Å²) in [7, 11) is 1.30. The third kappa shape index (κ3) is 12.6. The molecule has 0 saturated heterocycles. The van der Waals surface area contributed by atoms with Crippen LogP contribution in [0.4, 0.5) is 0 Å². The summed E-state index contributed by atoms with van der Waals surface area (Å²) in [5.41, 5.74) is 0. The molecule has 5 heteroatoms. The number of hydrogen-bond donors (Lipinski definition) is 2. The van der Waals surface area contributed by atoms with Gasteiger partial charge in [-0.25, -0.2) is 0 Å². The van der Waals surface area contributed by atoms with Crippen molar-refractivity contribution in [1.82, 2.24) is 9.30 Å². The van der Waals surface area contributed by atoms with E-state index in [4.69, 9.17) is 0 Å². The Hall–Kier alpha value is 0.571. The molecule has 0 atom stereocenters. The quantitative estimate of drug-likeness (QED) is 0.387. The first-order valence-electron chi connectivity index (χ1n) is 6.27. The standard InChI is InChI=1S/C9H28N2Si3/c1-2-3-4-5-6-7-8-9-13-11-14-10-12/h10-11H,2-9,13-14H2,1,12H3. The molecule has 0 aliphatic rings. The fraction of sp³-hybridized carbons (Fsp3) is 1.00. The summed E-state index contributed by atoms with van der Waals surface area (Å²) in [6.07, 6.45) is 10.2. The van der Waals surface area contributed by atoms with Crippen LogP contribution < -0.4 is 9.30 Å². The molecule has 0 aliphatic carbocycles. The second-order valence-electron chi connectivity index (χ2n) is 4.01. The van der Waals surface area contributed by atoms with Crippen molar-refractivity contribution in [3.05, 3.63) is 0 Å². The van der Waals surface area contributed by atoms with Crippen LogP contribution >= 0.6 is 0 Å². The van der Waals surface area contributed by atoms with Gasteiger partial charge in [-0.1, -0.05) is 57.9 Å². The van der Waals surface area contributed by atoms with Crippen molar-refractivity contribution in [2.75, 3.05) is 0 Å². The van der Waals surface area contributed by atoms with Crippen LogP contribution in [-0.4, -0.2) is 29.9 Å². The molecular weight excluding hydrogens is 220 g/mol. The predicted molar refractivity (Wildman–Crippen MR) is 76.1 cm³/mol. The summed E-state index contributed by atoms with van der Waals surface area (Å²) in [5, 5.41) is 0. The van der Waals surface area contributed by atoms with Crippen LogP contribution in [0, 0.1) is 0 Å². The summed E-state index contributed by atoms with van der Waals surface area (Å²) in [4.78, 5) is 0. The molecule has 0 heterocycles. The average Bonchev–Trinajstić information content (AvgIpc) is 2.21. The number of hydrogen-bond acceptors (Lipinski definition) is 2. The third-order valence-corrected chi connectivity index (χ3v) is 7.19. The highest BCUT2D eigenvalue weighted by Crippen LogP contribution is 2.07. The van der Waals surface area contributed by atoms with E-state index >= 15 is 0 Å². The molecule has 0 amide bonds. The van der Waals surface area contributed by atoms with Crippen LogP contribution in [0.1, 0.15) is 51.9 Å². The van der Waals surface area contributed by atoms with Crippen molar-refractivity contribution >= 4 is 29.9 Å². The first kappa shape index (κ1) is 14.6. The van der Waals surface area contributed by atoms with Crippen molar-refractivity contribution < 1.29 is 0 Å². The van der Waals surface area contributed by atoms with E-state index in [0.29, 0.717) is 0 Å². The minimum absolute atomic E-state index is 0.00562. The molecule has 0 spiro atoms. The van der Waals surface area contributed by atoms with Gasteiger partial charge in [0, 0.05) is 0 Å². The Morgan fingerprint density at radius 1 is 1.00 bits per heavy atom. The Morgan fingerprint density at radius 2 is 1.64 bits per heavy atom. The summed E-state index contributed by atoms with van der Waals surface area (Å²) in [5.74, 6) is 0. The second kappa shape index (κ2) is 13.6. The lowest BCUT2D eigenvalue weighted by Gasteiger charge is -2.02. The van der Waals surface area contributed by atoms with E-state index in [-0.39, 0.29) is 19.5 Å². The van der Waals surface area contributed by atoms with Crippen LogP contribution in [0.2, 0.25) is 6.04 Å². The lowest BCUT2D eigenvalue weighted by atomic mass is 10.1. The predicted octanol–water partition coefficient (Wildman–Crippen LogP) is -0.303. The van der Waals surface area contributed by atoms with Gasteiger partial charge < -0.3 is 9.30 Å². The third-order valence-electron chi connectivity index (χ3n) is 2.51. The smallest absolute Gasteiger partial charge is 0.153 e. The summed E-state index contributed by atoms with van der Waals surface area (Å²) >= 11 is 0. The average molecular weight is 249 g/mol. The van der Waals surface area contributed by atoms with E-state index in [1.54, 1.807) is 0 Å². The Labute approximate surface area is 97.4 Å². The maximum absolute atomic E-state index is 3.65. The first-order chi connectivity index (χ1) is 6.91. The van der Waals surface area contributed by atoms with E-state index in [2.05, 4.69) is 16.2 Å². The first-order valence-corrected chi connectivity index (χ1v) is 10.4. The topological polar surface area (TPSA) is 24.1 Å². The molecule has 0 unspecified atom stereocenters. The number of rotatable bonds is 11. The maximum Gasteiger partial charge on any atom is 0.153 e. The van der Waals surface area contributed by atoms with Crippen LogP contribution in [0.5, 0.6) is 0 Å². The highest BCUT2D eigenvalue weighted by atomic mass is 28.3. The molecule has 0 saturated carbocycles. The molecule has 0 aromatic carbocycles. The Balaban J connectivity index is 2.78. The maximum atomic E-state index is 3.65. The van der Waals surface area contributed by atoms with Gasteiger partial charge in [0.25, 0.3) is 0 Å². The normalized spacial score (nSPS) is 12.6. The molecule has 2 nitrogen and oxygen atoms in total. The molecule has 0 aliphatic heterocycles. The molecule has 0 aromatic heterocycles. The minimum Gasteiger partial charge on any atom is -0.360 e. The molecule has 0 rings (SSSR count). The van der Waals surface area contributed by atoms with Crippen LogP contribution in [0.25, 0.3) is 0 Å². The molecule has 0 aromatic rings. The Kier molecular flexibility index (Phi) is 14.1. The minimum atomic E-state index is -0.00562. The summed E-state index contributed by atoms with van der Waals surface area (Å²) in [6, 6.07) is 1.52. The van der Waals surface area contributed by atoms with Crippen LogP contribution in [0.3, 0.4) is 0 Å². The molecule has 2 N–H and O–H groups in total. The monoisotopic (exact) mass is 248 g/mol. The molecule has 86 valence electrons. The van der Waals surface area contributed by atoms with Crippen molar-refractivity contribution in [2.24, 2.45) is 0 Å². The zero-order chi connectivity index (χ0) is 10.5. The lowest BCUT2D eigenvalue weighted by Crippen LogP contribution is -2.34. The van der Waals surface area contributed by atoms with Gasteiger partial charge in [-0.2, -0.15) is 0 Å². The van der Waals surface area contributed by atoms with Gasteiger partial charge in [0.1, 0.15) is 0 Å². The van der Waals surface area contributed by atoms with Crippen LogP contribution in [0.15, 0.2) is 0 Å². The fourth-order valence-electron chi connectivity index (χ4n) is 1.60. The van der Waals surface area contributed by atoms with Gasteiger partial charge in [-0.05, 0) is 0 Å². The van der Waals surface area contributed by atoms with Gasteiger partial charge in [0.2, 0.25) is 0 Å². The molecule has 14 heavy (non-hydrogen) atoms. The summed E-state index contributed by atoms with van der Waals surface area (Å²) < 4.78 is 7.04. The van der Waals surface area contributed by atoms with Crippen molar-refractivity contribution in [3.63, 3.8) is 0 Å². The molecule has 0 radical (unpaired) electrons. The number of nitrogens with one attached hydrogen (secondary N) is 2. The largest absolute Gasteiger partial charge is 0.360 e. The molecule has 0 bridgehead atoms. The van der Waals surface area contributed by atoms with Gasteiger partial charge in [-0.15, -0.1) is 0 Å². The van der Waals surface area contributed by atoms with Gasteiger partial charge in [0.15, 0.2) is 9.84 Å². The van der Waals surface area contributed by atoms with Crippen LogP contribution in [-0.2, 0) is 0 Å². The lowest BCUT2D eigenvalue weighted by molar-refractivity contribution is 0.601. The van der Waals surface area contributed by atoms with E-state index in [9.17, 15) is 0 Å². The molecule has 0 fully saturated rings. The van der Waals surface area contributed by atoms with E-state index in [1.165, 1.54) is 61.4 Å². The van der Waals surface area contributed by atoms with Gasteiger partial charge in [0.05, 0.1) is 20.1 Å². The van der Waals surface area contributed by atoms with Gasteiger partial charge in [-0.3, -0.25) is 0 Å².